The number of hydrogen-bond donors (Lipinski definition) is 0. The molecule has 3 nitrogen and oxygen atoms in total. The zero-order valence-corrected chi connectivity index (χ0v) is 47.4. The van der Waals surface area contributed by atoms with Crippen molar-refractivity contribution in [2.45, 2.75) is 83.1 Å². The minimum Gasteiger partial charge on any atom is -0.571 e. The molecular weight excluding hydrogens is 991 g/mol. The van der Waals surface area contributed by atoms with Crippen LogP contribution in [0.4, 0.5) is 0 Å². The molecule has 0 saturated carbocycles. The van der Waals surface area contributed by atoms with Gasteiger partial charge in [0.05, 0.1) is 11.0 Å². The van der Waals surface area contributed by atoms with E-state index in [1.807, 2.05) is 63.5 Å². The third kappa shape index (κ3) is 18.6. The largest absolute Gasteiger partial charge is 0.571 e. The van der Waals surface area contributed by atoms with E-state index in [-0.39, 0.29) is 98.1 Å². The number of thiophene rings is 1. The van der Waals surface area contributed by atoms with E-state index in [0.29, 0.717) is 0 Å². The van der Waals surface area contributed by atoms with Crippen LogP contribution in [0, 0.1) is 101 Å². The standard InChI is InChI=1S/C12H12.2C11H11N.C8H9.C6H7O.C6H7S.3Y/c1-9-7-8-10(2)12-6-4-3-5-11(9)12;2*1-8-5-6-9(2)11-10(8)4-3-7-12-11;1-7-3-5-8(2)6-4-7;2*1-5-3-4-6(2)7-5;;;/h3-8H,1-2H3;2*3-7H,1-2H3;3-5H,1-2H3;2*3H,1-2H3;;;/q;;;3*-1;;;. The third-order valence-electron chi connectivity index (χ3n) is 9.45. The molecule has 0 aliphatic heterocycles. The summed E-state index contributed by atoms with van der Waals surface area (Å²) in [4.78, 5) is 11.3. The smallest absolute Gasteiger partial charge is 0.0733 e. The Hall–Kier alpha value is -2.53. The number of aromatic nitrogens is 2. The van der Waals surface area contributed by atoms with Crippen LogP contribution in [0.3, 0.4) is 0 Å². The average molecular weight is 1050 g/mol. The zero-order chi connectivity index (χ0) is 42.2. The van der Waals surface area contributed by atoms with Crippen LogP contribution in [0.1, 0.15) is 65.8 Å². The number of furan rings is 1. The van der Waals surface area contributed by atoms with Gasteiger partial charge in [0, 0.05) is 121 Å². The van der Waals surface area contributed by atoms with Crippen molar-refractivity contribution in [3.63, 3.8) is 0 Å². The van der Waals surface area contributed by atoms with Crippen molar-refractivity contribution in [1.82, 2.24) is 9.97 Å². The molecule has 0 spiro atoms. The molecule has 0 bridgehead atoms. The van der Waals surface area contributed by atoms with E-state index in [1.165, 1.54) is 75.8 Å². The van der Waals surface area contributed by atoms with Crippen molar-refractivity contribution in [3.05, 3.63) is 212 Å². The fourth-order valence-electron chi connectivity index (χ4n) is 6.10. The average Bonchev–Trinajstić information content (AvgIpc) is 3.82. The molecule has 0 atom stereocenters. The van der Waals surface area contributed by atoms with Gasteiger partial charge in [0.1, 0.15) is 0 Å². The molecule has 0 N–H and O–H groups in total. The molecule has 61 heavy (non-hydrogen) atoms. The van der Waals surface area contributed by atoms with Crippen LogP contribution in [-0.4, -0.2) is 9.97 Å². The maximum atomic E-state index is 5.03. The first-order chi connectivity index (χ1) is 27.7. The van der Waals surface area contributed by atoms with E-state index in [2.05, 4.69) is 175 Å². The Bertz CT molecular complexity index is 2250. The van der Waals surface area contributed by atoms with Crippen molar-refractivity contribution in [2.75, 3.05) is 0 Å². The summed E-state index contributed by atoms with van der Waals surface area (Å²) in [5, 5.41) is 5.27. The molecule has 4 heterocycles. The maximum Gasteiger partial charge on any atom is 0.0733 e. The van der Waals surface area contributed by atoms with Gasteiger partial charge in [0.2, 0.25) is 0 Å². The topological polar surface area (TPSA) is 38.9 Å². The summed E-state index contributed by atoms with van der Waals surface area (Å²) in [5.41, 5.74) is 12.5. The number of fused-ring (bicyclic) bond motifs is 3. The minimum atomic E-state index is 0. The Balaban J connectivity index is 0.000000368. The van der Waals surface area contributed by atoms with Crippen molar-refractivity contribution in [3.8, 4) is 0 Å². The van der Waals surface area contributed by atoms with Gasteiger partial charge in [0.25, 0.3) is 0 Å². The summed E-state index contributed by atoms with van der Waals surface area (Å²) in [7, 11) is 0. The molecule has 0 aliphatic rings. The Labute approximate surface area is 445 Å². The first-order valence-electron chi connectivity index (χ1n) is 19.6. The Morgan fingerprint density at radius 1 is 0.426 bits per heavy atom. The van der Waals surface area contributed by atoms with E-state index in [0.717, 1.165) is 22.6 Å². The van der Waals surface area contributed by atoms with Crippen LogP contribution in [-0.2, 0) is 98.1 Å². The second kappa shape index (κ2) is 29.0. The van der Waals surface area contributed by atoms with Gasteiger partial charge in [-0.05, 0) is 117 Å². The molecule has 0 fully saturated rings. The minimum absolute atomic E-state index is 0. The van der Waals surface area contributed by atoms with E-state index in [4.69, 9.17) is 4.42 Å². The van der Waals surface area contributed by atoms with Gasteiger partial charge < -0.3 is 4.42 Å². The fourth-order valence-corrected chi connectivity index (χ4v) is 6.82. The van der Waals surface area contributed by atoms with Crippen LogP contribution in [0.5, 0.6) is 0 Å². The Morgan fingerprint density at radius 2 is 0.869 bits per heavy atom. The molecule has 0 amide bonds. The van der Waals surface area contributed by atoms with Crippen molar-refractivity contribution < 1.29 is 103 Å². The van der Waals surface area contributed by atoms with Crippen LogP contribution < -0.4 is 0 Å². The monoisotopic (exact) mass is 1050 g/mol. The zero-order valence-electron chi connectivity index (χ0n) is 38.1. The second-order valence-electron chi connectivity index (χ2n) is 14.6. The van der Waals surface area contributed by atoms with Crippen LogP contribution in [0.2, 0.25) is 0 Å². The van der Waals surface area contributed by atoms with Gasteiger partial charge in [-0.1, -0.05) is 106 Å². The summed E-state index contributed by atoms with van der Waals surface area (Å²) >= 11 is 1.79. The maximum absolute atomic E-state index is 5.03. The first kappa shape index (κ1) is 56.5. The SMILES string of the molecule is Cc1[c-]cc(C)cc1.Cc1[c-]cc(C)o1.Cc1[c-]cc(C)s1.Cc1ccc(C)c2ccccc12.Cc1ccc(C)c2ncccc12.Cc1ccc(C)c2ncccc12.[Y].[Y].[Y]. The van der Waals surface area contributed by atoms with Gasteiger partial charge in [0.15, 0.2) is 0 Å². The molecule has 0 aliphatic carbocycles. The number of benzene rings is 5. The van der Waals surface area contributed by atoms with Gasteiger partial charge >= 0.3 is 0 Å². The van der Waals surface area contributed by atoms with Crippen LogP contribution in [0.15, 0.2) is 132 Å². The summed E-state index contributed by atoms with van der Waals surface area (Å²) in [6, 6.07) is 48.7. The second-order valence-corrected chi connectivity index (χ2v) is 16.1. The summed E-state index contributed by atoms with van der Waals surface area (Å²) < 4.78 is 5.03. The molecular formula is C54H57N2OSY3-3. The molecule has 5 aromatic carbocycles. The molecule has 4 aromatic heterocycles. The summed E-state index contributed by atoms with van der Waals surface area (Å²) in [5.74, 6) is 1.79. The normalized spacial score (nSPS) is 9.57. The molecule has 7 heteroatoms. The molecule has 9 rings (SSSR count). The molecule has 0 saturated heterocycles. The Morgan fingerprint density at radius 3 is 1.16 bits per heavy atom. The number of rotatable bonds is 0. The quantitative estimate of drug-likeness (QED) is 0.142. The predicted octanol–water partition coefficient (Wildman–Crippen LogP) is 15.1. The predicted molar refractivity (Wildman–Crippen MR) is 250 cm³/mol. The first-order valence-corrected chi connectivity index (χ1v) is 20.5. The Kier molecular flexibility index (Phi) is 26.9. The van der Waals surface area contributed by atoms with Gasteiger partial charge in [-0.15, -0.1) is 9.75 Å². The number of aryl methyl sites for hydroxylation is 12. The van der Waals surface area contributed by atoms with Crippen LogP contribution >= 0.6 is 11.3 Å². The van der Waals surface area contributed by atoms with E-state index in [9.17, 15) is 0 Å². The van der Waals surface area contributed by atoms with Crippen LogP contribution in [0.25, 0.3) is 32.6 Å². The van der Waals surface area contributed by atoms with E-state index >= 15 is 0 Å². The molecule has 307 valence electrons. The molecule has 0 unspecified atom stereocenters. The van der Waals surface area contributed by atoms with Gasteiger partial charge in [-0.25, -0.2) is 18.2 Å². The van der Waals surface area contributed by atoms with Crippen molar-refractivity contribution >= 4 is 43.9 Å². The number of pyridine rings is 2. The molecule has 3 radical (unpaired) electrons. The van der Waals surface area contributed by atoms with Crippen molar-refractivity contribution in [1.29, 1.82) is 0 Å². The van der Waals surface area contributed by atoms with E-state index in [1.54, 1.807) is 11.3 Å². The van der Waals surface area contributed by atoms with Gasteiger partial charge in [-0.2, -0.15) is 41.5 Å². The molecule has 9 aromatic rings. The fraction of sp³-hybridized carbons (Fsp3) is 0.222. The number of hydrogen-bond acceptors (Lipinski definition) is 4. The van der Waals surface area contributed by atoms with Crippen molar-refractivity contribution in [2.24, 2.45) is 0 Å². The third-order valence-corrected chi connectivity index (χ3v) is 10.3. The summed E-state index contributed by atoms with van der Waals surface area (Å²) in [6.07, 6.45) is 3.68. The van der Waals surface area contributed by atoms with Gasteiger partial charge in [-0.3, -0.25) is 21.3 Å². The number of nitrogens with zero attached hydrogens (tertiary/aromatic N) is 2. The van der Waals surface area contributed by atoms with E-state index < -0.39 is 0 Å². The summed E-state index contributed by atoms with van der Waals surface area (Å²) in [6.45, 7) is 24.8.